The Labute approximate surface area is 165 Å². The van der Waals surface area contributed by atoms with E-state index in [1.165, 1.54) is 6.42 Å². The first kappa shape index (κ1) is 20.2. The van der Waals surface area contributed by atoms with E-state index in [-0.39, 0.29) is 24.2 Å². The first-order valence-corrected chi connectivity index (χ1v) is 9.89. The maximum absolute atomic E-state index is 13.0. The Morgan fingerprint density at radius 1 is 1.36 bits per heavy atom. The molecule has 1 aromatic carbocycles. The lowest BCUT2D eigenvalue weighted by Gasteiger charge is -2.37. The lowest BCUT2D eigenvalue weighted by molar-refractivity contribution is -0.122. The Morgan fingerprint density at radius 3 is 2.82 bits per heavy atom. The third-order valence-corrected chi connectivity index (χ3v) is 5.46. The van der Waals surface area contributed by atoms with Gasteiger partial charge in [-0.15, -0.1) is 0 Å². The molecule has 1 fully saturated rings. The molecular weight excluding hydrogens is 358 g/mol. The SMILES string of the molecule is CCOC(=O)c1[nH]c2ccc(OC)cc2c1NC(=O)C(C)N1CCCCC1C. The summed E-state index contributed by atoms with van der Waals surface area (Å²) in [6, 6.07) is 5.50. The molecule has 2 N–H and O–H groups in total. The summed E-state index contributed by atoms with van der Waals surface area (Å²) in [5.74, 6) is 0.0186. The number of ether oxygens (including phenoxy) is 2. The van der Waals surface area contributed by atoms with Gasteiger partial charge in [0.25, 0.3) is 0 Å². The second kappa shape index (κ2) is 8.65. The van der Waals surface area contributed by atoms with E-state index in [1.54, 1.807) is 26.2 Å². The summed E-state index contributed by atoms with van der Waals surface area (Å²) in [4.78, 5) is 30.8. The molecule has 1 aliphatic heterocycles. The van der Waals surface area contributed by atoms with Gasteiger partial charge >= 0.3 is 5.97 Å². The van der Waals surface area contributed by atoms with Crippen molar-refractivity contribution in [1.29, 1.82) is 0 Å². The largest absolute Gasteiger partial charge is 0.497 e. The van der Waals surface area contributed by atoms with Crippen LogP contribution in [-0.4, -0.2) is 54.1 Å². The molecule has 1 aliphatic rings. The number of carbonyl (C=O) groups is 2. The van der Waals surface area contributed by atoms with Crippen molar-refractivity contribution in [1.82, 2.24) is 9.88 Å². The number of nitrogens with one attached hydrogen (secondary N) is 2. The molecule has 1 aromatic heterocycles. The minimum atomic E-state index is -0.494. The first-order valence-electron chi connectivity index (χ1n) is 9.89. The fourth-order valence-corrected chi connectivity index (χ4v) is 3.86. The lowest BCUT2D eigenvalue weighted by atomic mass is 10.0. The maximum atomic E-state index is 13.0. The normalized spacial score (nSPS) is 18.6. The molecule has 7 heteroatoms. The van der Waals surface area contributed by atoms with Gasteiger partial charge in [0.1, 0.15) is 11.4 Å². The number of anilines is 1. The fraction of sp³-hybridized carbons (Fsp3) is 0.524. The molecular formula is C21H29N3O4. The molecule has 0 radical (unpaired) electrons. The summed E-state index contributed by atoms with van der Waals surface area (Å²) in [7, 11) is 1.58. The molecule has 0 saturated carbocycles. The van der Waals surface area contributed by atoms with Crippen LogP contribution in [0.2, 0.25) is 0 Å². The number of hydrogen-bond acceptors (Lipinski definition) is 5. The van der Waals surface area contributed by atoms with E-state index >= 15 is 0 Å². The van der Waals surface area contributed by atoms with Crippen LogP contribution >= 0.6 is 0 Å². The van der Waals surface area contributed by atoms with Crippen molar-refractivity contribution in [3.63, 3.8) is 0 Å². The van der Waals surface area contributed by atoms with Gasteiger partial charge in [0, 0.05) is 16.9 Å². The number of methoxy groups -OCH3 is 1. The molecule has 2 aromatic rings. The highest BCUT2D eigenvalue weighted by Gasteiger charge is 2.29. The summed E-state index contributed by atoms with van der Waals surface area (Å²) in [5, 5.41) is 3.69. The summed E-state index contributed by atoms with van der Waals surface area (Å²) < 4.78 is 10.5. The van der Waals surface area contributed by atoms with Gasteiger partial charge in [-0.25, -0.2) is 4.79 Å². The average Bonchev–Trinajstić information content (AvgIpc) is 3.05. The van der Waals surface area contributed by atoms with E-state index in [2.05, 4.69) is 22.1 Å². The Morgan fingerprint density at radius 2 is 2.14 bits per heavy atom. The zero-order chi connectivity index (χ0) is 20.3. The lowest BCUT2D eigenvalue weighted by Crippen LogP contribution is -2.49. The standard InChI is InChI=1S/C21H29N3O4/c1-5-28-21(26)19-18(16-12-15(27-4)9-10-17(16)22-19)23-20(25)14(3)24-11-7-6-8-13(24)2/h9-10,12-14,22H,5-8,11H2,1-4H3,(H,23,25). The van der Waals surface area contributed by atoms with Crippen LogP contribution in [0.25, 0.3) is 10.9 Å². The molecule has 2 unspecified atom stereocenters. The molecule has 2 heterocycles. The smallest absolute Gasteiger partial charge is 0.356 e. The van der Waals surface area contributed by atoms with Crippen LogP contribution in [-0.2, 0) is 9.53 Å². The summed E-state index contributed by atoms with van der Waals surface area (Å²) in [6.45, 7) is 6.98. The number of aromatic nitrogens is 1. The van der Waals surface area contributed by atoms with E-state index in [0.717, 1.165) is 30.3 Å². The topological polar surface area (TPSA) is 83.7 Å². The molecule has 7 nitrogen and oxygen atoms in total. The van der Waals surface area contributed by atoms with Gasteiger partial charge in [0.05, 0.1) is 25.4 Å². The minimum Gasteiger partial charge on any atom is -0.497 e. The number of esters is 1. The predicted molar refractivity (Wildman–Crippen MR) is 109 cm³/mol. The van der Waals surface area contributed by atoms with Crippen LogP contribution in [0.4, 0.5) is 5.69 Å². The van der Waals surface area contributed by atoms with Crippen molar-refractivity contribution < 1.29 is 19.1 Å². The number of likely N-dealkylation sites (tertiary alicyclic amines) is 1. The van der Waals surface area contributed by atoms with Crippen LogP contribution in [0.3, 0.4) is 0 Å². The third kappa shape index (κ3) is 3.99. The highest BCUT2D eigenvalue weighted by Crippen LogP contribution is 2.32. The number of nitrogens with zero attached hydrogens (tertiary/aromatic N) is 1. The summed E-state index contributed by atoms with van der Waals surface area (Å²) in [5.41, 5.74) is 1.42. The zero-order valence-corrected chi connectivity index (χ0v) is 17.0. The number of hydrogen-bond donors (Lipinski definition) is 2. The number of amides is 1. The molecule has 152 valence electrons. The van der Waals surface area contributed by atoms with Crippen molar-refractivity contribution in [2.75, 3.05) is 25.6 Å². The van der Waals surface area contributed by atoms with E-state index in [0.29, 0.717) is 17.5 Å². The Kier molecular flexibility index (Phi) is 6.24. The highest BCUT2D eigenvalue weighted by atomic mass is 16.5. The summed E-state index contributed by atoms with van der Waals surface area (Å²) >= 11 is 0. The molecule has 28 heavy (non-hydrogen) atoms. The molecule has 0 bridgehead atoms. The number of H-pyrrole nitrogens is 1. The van der Waals surface area contributed by atoms with Gasteiger partial charge in [-0.3, -0.25) is 9.69 Å². The Bertz CT molecular complexity index is 861. The quantitative estimate of drug-likeness (QED) is 0.741. The first-order chi connectivity index (χ1) is 13.5. The van der Waals surface area contributed by atoms with Crippen LogP contribution in [0.5, 0.6) is 5.75 Å². The highest BCUT2D eigenvalue weighted by molar-refractivity contribution is 6.12. The molecule has 1 saturated heterocycles. The van der Waals surface area contributed by atoms with Gasteiger partial charge in [-0.05, 0) is 58.4 Å². The number of piperidine rings is 1. The van der Waals surface area contributed by atoms with Crippen LogP contribution in [0.1, 0.15) is 50.5 Å². The third-order valence-electron chi connectivity index (χ3n) is 5.46. The van der Waals surface area contributed by atoms with Gasteiger partial charge < -0.3 is 19.8 Å². The Hall–Kier alpha value is -2.54. The number of rotatable bonds is 6. The van der Waals surface area contributed by atoms with Crippen molar-refractivity contribution >= 4 is 28.5 Å². The molecule has 1 amide bonds. The van der Waals surface area contributed by atoms with Crippen LogP contribution in [0.15, 0.2) is 18.2 Å². The van der Waals surface area contributed by atoms with Crippen molar-refractivity contribution in [3.05, 3.63) is 23.9 Å². The van der Waals surface area contributed by atoms with E-state index in [1.807, 2.05) is 13.0 Å². The Balaban J connectivity index is 1.94. The van der Waals surface area contributed by atoms with Gasteiger partial charge in [0.15, 0.2) is 0 Å². The summed E-state index contributed by atoms with van der Waals surface area (Å²) in [6.07, 6.45) is 3.39. The zero-order valence-electron chi connectivity index (χ0n) is 17.0. The second-order valence-electron chi connectivity index (χ2n) is 7.25. The average molecular weight is 387 g/mol. The molecule has 2 atom stereocenters. The van der Waals surface area contributed by atoms with Gasteiger partial charge in [-0.1, -0.05) is 6.42 Å². The molecule has 3 rings (SSSR count). The number of aromatic amines is 1. The fourth-order valence-electron chi connectivity index (χ4n) is 3.86. The van der Waals surface area contributed by atoms with Crippen molar-refractivity contribution in [2.24, 2.45) is 0 Å². The van der Waals surface area contributed by atoms with Gasteiger partial charge in [-0.2, -0.15) is 0 Å². The molecule has 0 aliphatic carbocycles. The van der Waals surface area contributed by atoms with Crippen LogP contribution in [0, 0.1) is 0 Å². The van der Waals surface area contributed by atoms with Crippen LogP contribution < -0.4 is 10.1 Å². The number of benzene rings is 1. The number of carbonyl (C=O) groups excluding carboxylic acids is 2. The van der Waals surface area contributed by atoms with E-state index < -0.39 is 5.97 Å². The van der Waals surface area contributed by atoms with Crippen molar-refractivity contribution in [2.45, 2.75) is 52.1 Å². The minimum absolute atomic E-state index is 0.136. The number of fused-ring (bicyclic) bond motifs is 1. The predicted octanol–water partition coefficient (Wildman–Crippen LogP) is 3.55. The van der Waals surface area contributed by atoms with E-state index in [9.17, 15) is 9.59 Å². The van der Waals surface area contributed by atoms with Crippen molar-refractivity contribution in [3.8, 4) is 5.75 Å². The van der Waals surface area contributed by atoms with Gasteiger partial charge in [0.2, 0.25) is 5.91 Å². The monoisotopic (exact) mass is 387 g/mol. The maximum Gasteiger partial charge on any atom is 0.356 e. The second-order valence-corrected chi connectivity index (χ2v) is 7.25. The molecule has 0 spiro atoms. The van der Waals surface area contributed by atoms with E-state index in [4.69, 9.17) is 9.47 Å².